The topological polar surface area (TPSA) is 82.8 Å². The Bertz CT molecular complexity index is 1020. The highest BCUT2D eigenvalue weighted by atomic mass is 32.2. The van der Waals surface area contributed by atoms with E-state index in [1.54, 1.807) is 6.26 Å². The van der Waals surface area contributed by atoms with Crippen LogP contribution in [-0.4, -0.2) is 24.9 Å². The van der Waals surface area contributed by atoms with Gasteiger partial charge in [-0.05, 0) is 23.6 Å². The predicted octanol–water partition coefficient (Wildman–Crippen LogP) is 4.54. The Balaban J connectivity index is 1.44. The van der Waals surface area contributed by atoms with Gasteiger partial charge < -0.3 is 13.5 Å². The van der Waals surface area contributed by atoms with Gasteiger partial charge in [0, 0.05) is 12.6 Å². The summed E-state index contributed by atoms with van der Waals surface area (Å²) in [6.45, 7) is 4.34. The fraction of sp³-hybridized carbons (Fsp3) is 0.263. The summed E-state index contributed by atoms with van der Waals surface area (Å²) in [5.41, 5.74) is 2.23. The monoisotopic (exact) mass is 381 g/mol. The molecule has 4 rings (SSSR count). The number of furan rings is 1. The largest absolute Gasteiger partial charge is 0.461 e. The van der Waals surface area contributed by atoms with Crippen LogP contribution in [0, 0.1) is 0 Å². The molecule has 8 heteroatoms. The molecule has 0 aliphatic rings. The second kappa shape index (κ2) is 7.40. The van der Waals surface area contributed by atoms with Crippen LogP contribution in [0.5, 0.6) is 0 Å². The van der Waals surface area contributed by atoms with Crippen molar-refractivity contribution in [3.63, 3.8) is 0 Å². The first-order valence-corrected chi connectivity index (χ1v) is 9.59. The Morgan fingerprint density at radius 1 is 1.11 bits per heavy atom. The van der Waals surface area contributed by atoms with E-state index in [0.717, 1.165) is 10.7 Å². The summed E-state index contributed by atoms with van der Waals surface area (Å²) in [7, 11) is 1.90. The summed E-state index contributed by atoms with van der Waals surface area (Å²) >= 11 is 1.48. The summed E-state index contributed by atoms with van der Waals surface area (Å²) in [6.07, 6.45) is 1.62. The van der Waals surface area contributed by atoms with Crippen molar-refractivity contribution in [2.75, 3.05) is 0 Å². The molecule has 0 spiro atoms. The van der Waals surface area contributed by atoms with E-state index in [1.165, 1.54) is 17.3 Å². The molecule has 0 unspecified atom stereocenters. The molecule has 0 aliphatic carbocycles. The van der Waals surface area contributed by atoms with Crippen LogP contribution in [0.15, 0.2) is 56.8 Å². The first kappa shape index (κ1) is 17.5. The van der Waals surface area contributed by atoms with E-state index in [0.29, 0.717) is 35.0 Å². The van der Waals surface area contributed by atoms with E-state index in [-0.39, 0.29) is 0 Å². The maximum Gasteiger partial charge on any atom is 0.237 e. The zero-order valence-electron chi connectivity index (χ0n) is 15.3. The van der Waals surface area contributed by atoms with Gasteiger partial charge in [0.15, 0.2) is 16.7 Å². The van der Waals surface area contributed by atoms with Crippen LogP contribution in [0.2, 0.25) is 0 Å². The third-order valence-electron chi connectivity index (χ3n) is 4.20. The Kier molecular flexibility index (Phi) is 4.81. The minimum atomic E-state index is 0.494. The Morgan fingerprint density at radius 2 is 1.93 bits per heavy atom. The fourth-order valence-electron chi connectivity index (χ4n) is 2.64. The standard InChI is InChI=1S/C19H19N5O2S/c1-12(2)13-6-8-14(9-7-13)17-20-16(26-23-17)11-27-19-22-21-18(24(19)3)15-5-4-10-25-15/h4-10,12H,11H2,1-3H3. The molecule has 4 aromatic rings. The second-order valence-electron chi connectivity index (χ2n) is 6.42. The molecular formula is C19H19N5O2S. The molecule has 0 radical (unpaired) electrons. The van der Waals surface area contributed by atoms with Gasteiger partial charge >= 0.3 is 0 Å². The lowest BCUT2D eigenvalue weighted by Gasteiger charge is -2.04. The molecule has 7 nitrogen and oxygen atoms in total. The number of hydrogen-bond donors (Lipinski definition) is 0. The summed E-state index contributed by atoms with van der Waals surface area (Å²) in [4.78, 5) is 4.48. The number of thioether (sulfide) groups is 1. The van der Waals surface area contributed by atoms with Crippen molar-refractivity contribution < 1.29 is 8.94 Å². The first-order valence-electron chi connectivity index (χ1n) is 8.61. The van der Waals surface area contributed by atoms with E-state index in [2.05, 4.69) is 46.3 Å². The lowest BCUT2D eigenvalue weighted by Crippen LogP contribution is -1.94. The van der Waals surface area contributed by atoms with Crippen LogP contribution in [0.25, 0.3) is 23.0 Å². The smallest absolute Gasteiger partial charge is 0.237 e. The highest BCUT2D eigenvalue weighted by molar-refractivity contribution is 7.98. The van der Waals surface area contributed by atoms with Gasteiger partial charge in [0.05, 0.1) is 12.0 Å². The number of hydrogen-bond acceptors (Lipinski definition) is 7. The average molecular weight is 381 g/mol. The number of rotatable bonds is 6. The van der Waals surface area contributed by atoms with Crippen LogP contribution in [0.3, 0.4) is 0 Å². The van der Waals surface area contributed by atoms with Crippen LogP contribution in [-0.2, 0) is 12.8 Å². The van der Waals surface area contributed by atoms with Gasteiger partial charge in [-0.15, -0.1) is 10.2 Å². The van der Waals surface area contributed by atoms with E-state index in [4.69, 9.17) is 8.94 Å². The maximum absolute atomic E-state index is 5.38. The van der Waals surface area contributed by atoms with E-state index in [1.807, 2.05) is 35.9 Å². The molecule has 0 bridgehead atoms. The second-order valence-corrected chi connectivity index (χ2v) is 7.36. The summed E-state index contributed by atoms with van der Waals surface area (Å²) < 4.78 is 12.6. The van der Waals surface area contributed by atoms with Gasteiger partial charge in [0.1, 0.15) is 0 Å². The molecule has 0 saturated carbocycles. The average Bonchev–Trinajstić information content (AvgIpc) is 3.41. The molecule has 3 aromatic heterocycles. The van der Waals surface area contributed by atoms with Gasteiger partial charge in [0.2, 0.25) is 11.7 Å². The molecule has 3 heterocycles. The molecule has 138 valence electrons. The van der Waals surface area contributed by atoms with Gasteiger partial charge in [-0.3, -0.25) is 0 Å². The molecule has 1 aromatic carbocycles. The first-order chi connectivity index (χ1) is 13.1. The minimum absolute atomic E-state index is 0.494. The highest BCUT2D eigenvalue weighted by Crippen LogP contribution is 2.26. The highest BCUT2D eigenvalue weighted by Gasteiger charge is 2.15. The van der Waals surface area contributed by atoms with Gasteiger partial charge in [-0.1, -0.05) is 55.0 Å². The molecule has 0 fully saturated rings. The Morgan fingerprint density at radius 3 is 2.63 bits per heavy atom. The number of aromatic nitrogens is 5. The minimum Gasteiger partial charge on any atom is -0.461 e. The normalized spacial score (nSPS) is 11.4. The molecule has 27 heavy (non-hydrogen) atoms. The SMILES string of the molecule is CC(C)c1ccc(-c2noc(CSc3nnc(-c4ccco4)n3C)n2)cc1. The molecular weight excluding hydrogens is 362 g/mol. The molecule has 0 saturated heterocycles. The zero-order valence-corrected chi connectivity index (χ0v) is 16.1. The van der Waals surface area contributed by atoms with Crippen molar-refractivity contribution in [3.05, 3.63) is 54.1 Å². The van der Waals surface area contributed by atoms with E-state index < -0.39 is 0 Å². The van der Waals surface area contributed by atoms with Crippen LogP contribution < -0.4 is 0 Å². The Labute approximate surface area is 160 Å². The molecule has 0 aliphatic heterocycles. The molecule has 0 N–H and O–H groups in total. The molecule has 0 atom stereocenters. The van der Waals surface area contributed by atoms with E-state index in [9.17, 15) is 0 Å². The number of nitrogens with zero attached hydrogens (tertiary/aromatic N) is 5. The van der Waals surface area contributed by atoms with Crippen LogP contribution in [0.1, 0.15) is 31.2 Å². The van der Waals surface area contributed by atoms with E-state index >= 15 is 0 Å². The van der Waals surface area contributed by atoms with Crippen molar-refractivity contribution in [3.8, 4) is 23.0 Å². The van der Waals surface area contributed by atoms with Crippen molar-refractivity contribution in [2.24, 2.45) is 7.05 Å². The van der Waals surface area contributed by atoms with Gasteiger partial charge in [-0.25, -0.2) is 0 Å². The predicted molar refractivity (Wildman–Crippen MR) is 102 cm³/mol. The summed E-state index contributed by atoms with van der Waals surface area (Å²) in [6, 6.07) is 11.9. The lowest BCUT2D eigenvalue weighted by molar-refractivity contribution is 0.391. The third-order valence-corrected chi connectivity index (χ3v) is 5.21. The van der Waals surface area contributed by atoms with Crippen LogP contribution in [0.4, 0.5) is 0 Å². The maximum atomic E-state index is 5.38. The van der Waals surface area contributed by atoms with Crippen LogP contribution >= 0.6 is 11.8 Å². The quantitative estimate of drug-likeness (QED) is 0.453. The summed E-state index contributed by atoms with van der Waals surface area (Å²) in [5, 5.41) is 13.2. The zero-order chi connectivity index (χ0) is 18.8. The molecule has 0 amide bonds. The van der Waals surface area contributed by atoms with Gasteiger partial charge in [-0.2, -0.15) is 4.98 Å². The summed E-state index contributed by atoms with van der Waals surface area (Å²) in [5.74, 6) is 3.51. The van der Waals surface area contributed by atoms with Crippen molar-refractivity contribution in [2.45, 2.75) is 30.7 Å². The Hall–Kier alpha value is -2.87. The third kappa shape index (κ3) is 3.66. The number of benzene rings is 1. The van der Waals surface area contributed by atoms with Crippen molar-refractivity contribution in [1.82, 2.24) is 24.9 Å². The van der Waals surface area contributed by atoms with Crippen molar-refractivity contribution in [1.29, 1.82) is 0 Å². The lowest BCUT2D eigenvalue weighted by atomic mass is 10.0. The van der Waals surface area contributed by atoms with Gasteiger partial charge in [0.25, 0.3) is 0 Å². The van der Waals surface area contributed by atoms with Crippen molar-refractivity contribution >= 4 is 11.8 Å². The fourth-order valence-corrected chi connectivity index (χ4v) is 3.38.